The van der Waals surface area contributed by atoms with Crippen molar-refractivity contribution < 1.29 is 17.9 Å². The number of anilines is 1. The topological polar surface area (TPSA) is 66.9 Å². The van der Waals surface area contributed by atoms with E-state index in [2.05, 4.69) is 0 Å². The Kier molecular flexibility index (Phi) is 6.79. The van der Waals surface area contributed by atoms with Gasteiger partial charge in [0.05, 0.1) is 17.7 Å². The molecule has 0 aromatic heterocycles. The average Bonchev–Trinajstić information content (AvgIpc) is 2.72. The fourth-order valence-corrected chi connectivity index (χ4v) is 4.75. The van der Waals surface area contributed by atoms with Crippen molar-refractivity contribution in [1.29, 1.82) is 0 Å². The zero-order chi connectivity index (χ0) is 20.9. The molecule has 0 spiro atoms. The maximum absolute atomic E-state index is 13.1. The third kappa shape index (κ3) is 4.90. The standard InChI is InChI=1S/C22H28N2O4S/c1-23(19-11-13-20(28-2)14-12-19)29(26,27)21-10-8-9-18(17-21)22(25)24-15-6-4-3-5-7-16-24/h8-14,17H,3-7,15-16H2,1-2H3. The molecule has 0 saturated carbocycles. The van der Waals surface area contributed by atoms with Crippen molar-refractivity contribution in [2.24, 2.45) is 0 Å². The molecule has 0 N–H and O–H groups in total. The highest BCUT2D eigenvalue weighted by molar-refractivity contribution is 7.92. The molecule has 2 aromatic rings. The summed E-state index contributed by atoms with van der Waals surface area (Å²) in [5.74, 6) is 0.552. The monoisotopic (exact) mass is 416 g/mol. The SMILES string of the molecule is COc1ccc(N(C)S(=O)(=O)c2cccc(C(=O)N3CCCCCCC3)c2)cc1. The first-order chi connectivity index (χ1) is 13.9. The van der Waals surface area contributed by atoms with Gasteiger partial charge < -0.3 is 9.64 Å². The van der Waals surface area contributed by atoms with Crippen LogP contribution in [0.25, 0.3) is 0 Å². The van der Waals surface area contributed by atoms with E-state index in [-0.39, 0.29) is 10.8 Å². The van der Waals surface area contributed by atoms with Crippen LogP contribution < -0.4 is 9.04 Å². The number of sulfonamides is 1. The van der Waals surface area contributed by atoms with E-state index in [1.807, 2.05) is 4.90 Å². The Morgan fingerprint density at radius 2 is 1.59 bits per heavy atom. The lowest BCUT2D eigenvalue weighted by atomic mass is 10.1. The Morgan fingerprint density at radius 1 is 0.966 bits per heavy atom. The summed E-state index contributed by atoms with van der Waals surface area (Å²) in [6.45, 7) is 1.45. The van der Waals surface area contributed by atoms with Crippen molar-refractivity contribution in [3.8, 4) is 5.75 Å². The normalized spacial score (nSPS) is 15.3. The molecule has 1 aliphatic heterocycles. The van der Waals surface area contributed by atoms with Crippen LogP contribution in [0.5, 0.6) is 5.75 Å². The van der Waals surface area contributed by atoms with Crippen molar-refractivity contribution in [3.05, 3.63) is 54.1 Å². The molecule has 1 aliphatic rings. The molecule has 0 bridgehead atoms. The first kappa shape index (κ1) is 21.2. The van der Waals surface area contributed by atoms with E-state index >= 15 is 0 Å². The Bertz CT molecular complexity index is 934. The Morgan fingerprint density at radius 3 is 2.21 bits per heavy atom. The first-order valence-electron chi connectivity index (χ1n) is 9.96. The number of ether oxygens (including phenoxy) is 1. The van der Waals surface area contributed by atoms with Gasteiger partial charge in [-0.25, -0.2) is 8.42 Å². The number of carbonyl (C=O) groups is 1. The number of hydrogen-bond acceptors (Lipinski definition) is 4. The molecule has 2 aromatic carbocycles. The summed E-state index contributed by atoms with van der Waals surface area (Å²) in [5.41, 5.74) is 0.932. The molecule has 0 unspecified atom stereocenters. The van der Waals surface area contributed by atoms with E-state index in [0.717, 1.165) is 38.8 Å². The predicted molar refractivity (Wildman–Crippen MR) is 114 cm³/mol. The van der Waals surface area contributed by atoms with Gasteiger partial charge in [0.2, 0.25) is 0 Å². The van der Waals surface area contributed by atoms with Gasteiger partial charge in [-0.05, 0) is 55.3 Å². The molecule has 1 saturated heterocycles. The average molecular weight is 417 g/mol. The van der Waals surface area contributed by atoms with Crippen LogP contribution >= 0.6 is 0 Å². The molecule has 6 nitrogen and oxygen atoms in total. The third-order valence-electron chi connectivity index (χ3n) is 5.32. The van der Waals surface area contributed by atoms with Crippen LogP contribution in [0.15, 0.2) is 53.4 Å². The highest BCUT2D eigenvalue weighted by Gasteiger charge is 2.24. The van der Waals surface area contributed by atoms with Gasteiger partial charge in [-0.2, -0.15) is 0 Å². The Hall–Kier alpha value is -2.54. The molecule has 1 amide bonds. The summed E-state index contributed by atoms with van der Waals surface area (Å²) in [7, 11) is -0.726. The summed E-state index contributed by atoms with van der Waals surface area (Å²) in [6, 6.07) is 13.1. The molecule has 7 heteroatoms. The van der Waals surface area contributed by atoms with Gasteiger partial charge in [0, 0.05) is 25.7 Å². The molecule has 29 heavy (non-hydrogen) atoms. The van der Waals surface area contributed by atoms with Crippen LogP contribution in [0, 0.1) is 0 Å². The minimum Gasteiger partial charge on any atom is -0.497 e. The minimum absolute atomic E-state index is 0.101. The van der Waals surface area contributed by atoms with E-state index in [1.54, 1.807) is 43.5 Å². The fourth-order valence-electron chi connectivity index (χ4n) is 3.51. The van der Waals surface area contributed by atoms with Crippen molar-refractivity contribution in [3.63, 3.8) is 0 Å². The quantitative estimate of drug-likeness (QED) is 0.741. The zero-order valence-electron chi connectivity index (χ0n) is 17.0. The predicted octanol–water partition coefficient (Wildman–Crippen LogP) is 3.93. The molecular weight excluding hydrogens is 388 g/mol. The highest BCUT2D eigenvalue weighted by atomic mass is 32.2. The van der Waals surface area contributed by atoms with Gasteiger partial charge >= 0.3 is 0 Å². The Labute approximate surface area is 173 Å². The van der Waals surface area contributed by atoms with E-state index in [4.69, 9.17) is 4.74 Å². The number of methoxy groups -OCH3 is 1. The molecule has 3 rings (SSSR count). The largest absolute Gasteiger partial charge is 0.497 e. The number of nitrogens with zero attached hydrogens (tertiary/aromatic N) is 2. The maximum atomic E-state index is 13.1. The second kappa shape index (κ2) is 9.31. The molecule has 1 heterocycles. The second-order valence-electron chi connectivity index (χ2n) is 7.26. The molecule has 0 atom stereocenters. The van der Waals surface area contributed by atoms with Gasteiger partial charge in [0.1, 0.15) is 5.75 Å². The van der Waals surface area contributed by atoms with Gasteiger partial charge in [0.15, 0.2) is 0 Å². The summed E-state index contributed by atoms with van der Waals surface area (Å²) < 4.78 is 32.6. The lowest BCUT2D eigenvalue weighted by Gasteiger charge is -2.25. The van der Waals surface area contributed by atoms with Crippen LogP contribution in [0.3, 0.4) is 0 Å². The van der Waals surface area contributed by atoms with E-state index < -0.39 is 10.0 Å². The fraction of sp³-hybridized carbons (Fsp3) is 0.409. The zero-order valence-corrected chi connectivity index (χ0v) is 17.8. The van der Waals surface area contributed by atoms with E-state index in [9.17, 15) is 13.2 Å². The summed E-state index contributed by atoms with van der Waals surface area (Å²) in [4.78, 5) is 14.9. The number of amides is 1. The molecule has 1 fully saturated rings. The smallest absolute Gasteiger partial charge is 0.264 e. The van der Waals surface area contributed by atoms with Crippen LogP contribution in [0.4, 0.5) is 5.69 Å². The van der Waals surface area contributed by atoms with Crippen LogP contribution in [0.1, 0.15) is 42.5 Å². The van der Waals surface area contributed by atoms with E-state index in [1.165, 1.54) is 29.9 Å². The number of hydrogen-bond donors (Lipinski definition) is 0. The van der Waals surface area contributed by atoms with Crippen molar-refractivity contribution >= 4 is 21.6 Å². The number of benzene rings is 2. The first-order valence-corrected chi connectivity index (χ1v) is 11.4. The van der Waals surface area contributed by atoms with Crippen molar-refractivity contribution in [1.82, 2.24) is 4.90 Å². The highest BCUT2D eigenvalue weighted by Crippen LogP contribution is 2.25. The third-order valence-corrected chi connectivity index (χ3v) is 7.10. The molecular formula is C22H28N2O4S. The number of likely N-dealkylation sites (tertiary alicyclic amines) is 1. The number of carbonyl (C=O) groups excluding carboxylic acids is 1. The molecule has 156 valence electrons. The van der Waals surface area contributed by atoms with Crippen molar-refractivity contribution in [2.45, 2.75) is 37.0 Å². The minimum atomic E-state index is -3.79. The van der Waals surface area contributed by atoms with Gasteiger partial charge in [0.25, 0.3) is 15.9 Å². The van der Waals surface area contributed by atoms with Crippen LogP contribution in [-0.4, -0.2) is 46.5 Å². The molecule has 0 radical (unpaired) electrons. The van der Waals surface area contributed by atoms with Gasteiger partial charge in [-0.1, -0.05) is 25.3 Å². The summed E-state index contributed by atoms with van der Waals surface area (Å²) >= 11 is 0. The maximum Gasteiger partial charge on any atom is 0.264 e. The van der Waals surface area contributed by atoms with Crippen LogP contribution in [0.2, 0.25) is 0 Å². The van der Waals surface area contributed by atoms with E-state index in [0.29, 0.717) is 17.0 Å². The Balaban J connectivity index is 1.83. The summed E-state index contributed by atoms with van der Waals surface area (Å²) in [6.07, 6.45) is 5.46. The second-order valence-corrected chi connectivity index (χ2v) is 9.23. The summed E-state index contributed by atoms with van der Waals surface area (Å²) in [5, 5.41) is 0. The lowest BCUT2D eigenvalue weighted by molar-refractivity contribution is 0.0742. The van der Waals surface area contributed by atoms with Gasteiger partial charge in [-0.15, -0.1) is 0 Å². The van der Waals surface area contributed by atoms with Gasteiger partial charge in [-0.3, -0.25) is 9.10 Å². The molecule has 0 aliphatic carbocycles. The number of rotatable bonds is 5. The van der Waals surface area contributed by atoms with Crippen molar-refractivity contribution in [2.75, 3.05) is 31.6 Å². The lowest BCUT2D eigenvalue weighted by Crippen LogP contribution is -2.34. The van der Waals surface area contributed by atoms with Crippen LogP contribution in [-0.2, 0) is 10.0 Å².